The van der Waals surface area contributed by atoms with Gasteiger partial charge < -0.3 is 5.32 Å². The van der Waals surface area contributed by atoms with Crippen LogP contribution < -0.4 is 10.6 Å². The van der Waals surface area contributed by atoms with Crippen LogP contribution in [-0.2, 0) is 17.6 Å². The number of amides is 1. The van der Waals surface area contributed by atoms with Crippen molar-refractivity contribution in [2.24, 2.45) is 4.99 Å². The summed E-state index contributed by atoms with van der Waals surface area (Å²) in [6.07, 6.45) is 1.35. The van der Waals surface area contributed by atoms with Crippen LogP contribution >= 0.6 is 11.6 Å². The minimum Gasteiger partial charge on any atom is -0.341 e. The molecule has 2 aliphatic rings. The fourth-order valence-corrected chi connectivity index (χ4v) is 2.87. The zero-order valence-corrected chi connectivity index (χ0v) is 10.8. The second kappa shape index (κ2) is 3.99. The second-order valence-corrected chi connectivity index (χ2v) is 5.19. The first-order valence-electron chi connectivity index (χ1n) is 6.04. The molecule has 4 nitrogen and oxygen atoms in total. The summed E-state index contributed by atoms with van der Waals surface area (Å²) in [5.41, 5.74) is 1.75. The van der Waals surface area contributed by atoms with Crippen LogP contribution in [-0.4, -0.2) is 24.0 Å². The van der Waals surface area contributed by atoms with Crippen LogP contribution in [0.2, 0.25) is 5.02 Å². The molecule has 0 bridgehead atoms. The van der Waals surface area contributed by atoms with E-state index in [4.69, 9.17) is 11.6 Å². The maximum atomic E-state index is 12.1. The number of hydrogen-bond acceptors (Lipinski definition) is 2. The van der Waals surface area contributed by atoms with Crippen LogP contribution in [0.3, 0.4) is 0 Å². The Morgan fingerprint density at radius 3 is 2.94 bits per heavy atom. The monoisotopic (exact) mass is 263 g/mol. The first-order chi connectivity index (χ1) is 8.63. The molecule has 1 amide bonds. The van der Waals surface area contributed by atoms with E-state index in [1.165, 1.54) is 5.56 Å². The van der Waals surface area contributed by atoms with Gasteiger partial charge in [-0.05, 0) is 30.2 Å². The highest BCUT2D eigenvalue weighted by atomic mass is 35.5. The number of aliphatic imine (C=N–C) groups is 1. The zero-order chi connectivity index (χ0) is 12.8. The van der Waals surface area contributed by atoms with E-state index in [2.05, 4.69) is 15.6 Å². The number of guanidine groups is 1. The quantitative estimate of drug-likeness (QED) is 0.802. The molecule has 0 radical (unpaired) electrons. The first kappa shape index (κ1) is 11.5. The molecule has 1 aromatic carbocycles. The number of carbonyl (C=O) groups is 1. The number of halogens is 1. The Morgan fingerprint density at radius 2 is 2.17 bits per heavy atom. The van der Waals surface area contributed by atoms with E-state index in [0.717, 1.165) is 5.56 Å². The van der Waals surface area contributed by atoms with E-state index in [1.54, 1.807) is 0 Å². The number of nitrogens with zero attached hydrogens (tertiary/aromatic N) is 1. The number of rotatable bonds is 1. The fourth-order valence-electron chi connectivity index (χ4n) is 2.67. The van der Waals surface area contributed by atoms with Crippen molar-refractivity contribution in [1.82, 2.24) is 10.6 Å². The van der Waals surface area contributed by atoms with Crippen molar-refractivity contribution < 1.29 is 4.79 Å². The summed E-state index contributed by atoms with van der Waals surface area (Å²) in [6, 6.07) is 5.80. The second-order valence-electron chi connectivity index (χ2n) is 4.75. The molecule has 1 aliphatic carbocycles. The normalized spacial score (nSPS) is 27.4. The van der Waals surface area contributed by atoms with Gasteiger partial charge in [-0.1, -0.05) is 17.7 Å². The molecular formula is C13H14ClN3O. The summed E-state index contributed by atoms with van der Waals surface area (Å²) in [6.45, 7) is 2.59. The van der Waals surface area contributed by atoms with Crippen LogP contribution in [0.5, 0.6) is 0 Å². The van der Waals surface area contributed by atoms with Crippen molar-refractivity contribution in [2.45, 2.75) is 25.3 Å². The third-order valence-corrected chi connectivity index (χ3v) is 3.73. The highest BCUT2D eigenvalue weighted by Crippen LogP contribution is 2.33. The lowest BCUT2D eigenvalue weighted by Crippen LogP contribution is -2.47. The maximum Gasteiger partial charge on any atom is 0.253 e. The number of benzene rings is 1. The molecule has 0 aromatic heterocycles. The summed E-state index contributed by atoms with van der Waals surface area (Å²) in [7, 11) is 0. The van der Waals surface area contributed by atoms with Gasteiger partial charge in [-0.2, -0.15) is 0 Å². The molecule has 5 heteroatoms. The Balaban J connectivity index is 1.93. The molecule has 94 valence electrons. The molecule has 2 N–H and O–H groups in total. The largest absolute Gasteiger partial charge is 0.341 e. The molecule has 1 spiro atoms. The van der Waals surface area contributed by atoms with E-state index >= 15 is 0 Å². The lowest BCUT2D eigenvalue weighted by molar-refractivity contribution is -0.123. The standard InChI is InChI=1S/C13H14ClN3O/c1-2-15-12-16-11(18)13(17-12)6-8-3-4-10(14)5-9(8)7-13/h3-5H,2,6-7H2,1H3,(H2,15,16,17,18). The summed E-state index contributed by atoms with van der Waals surface area (Å²) < 4.78 is 0. The molecule has 1 aromatic rings. The van der Waals surface area contributed by atoms with Gasteiger partial charge in [0.25, 0.3) is 5.91 Å². The molecule has 1 unspecified atom stereocenters. The van der Waals surface area contributed by atoms with E-state index in [1.807, 2.05) is 25.1 Å². The Morgan fingerprint density at radius 1 is 1.39 bits per heavy atom. The third kappa shape index (κ3) is 1.68. The highest BCUT2D eigenvalue weighted by Gasteiger charge is 2.49. The van der Waals surface area contributed by atoms with Crippen LogP contribution in [0.15, 0.2) is 23.2 Å². The van der Waals surface area contributed by atoms with Gasteiger partial charge in [-0.3, -0.25) is 15.1 Å². The van der Waals surface area contributed by atoms with E-state index in [0.29, 0.717) is 30.4 Å². The minimum absolute atomic E-state index is 0.00187. The molecule has 1 heterocycles. The summed E-state index contributed by atoms with van der Waals surface area (Å²) in [4.78, 5) is 16.4. The molecule has 1 atom stereocenters. The molecular weight excluding hydrogens is 250 g/mol. The van der Waals surface area contributed by atoms with Gasteiger partial charge in [-0.25, -0.2) is 0 Å². The average molecular weight is 264 g/mol. The van der Waals surface area contributed by atoms with Crippen molar-refractivity contribution in [1.29, 1.82) is 0 Å². The number of carbonyl (C=O) groups excluding carboxylic acids is 1. The summed E-state index contributed by atoms with van der Waals surface area (Å²) >= 11 is 5.99. The lowest BCUT2D eigenvalue weighted by atomic mass is 9.96. The van der Waals surface area contributed by atoms with Crippen LogP contribution in [0, 0.1) is 0 Å². The predicted octanol–water partition coefficient (Wildman–Crippen LogP) is 1.27. The van der Waals surface area contributed by atoms with Gasteiger partial charge in [0.15, 0.2) is 5.96 Å². The van der Waals surface area contributed by atoms with Crippen molar-refractivity contribution in [3.63, 3.8) is 0 Å². The van der Waals surface area contributed by atoms with Crippen LogP contribution in [0.1, 0.15) is 18.1 Å². The third-order valence-electron chi connectivity index (χ3n) is 3.49. The SMILES string of the molecule is CCN=C1NC(=O)C2(Cc3ccc(Cl)cc3C2)N1. The molecule has 1 fully saturated rings. The van der Waals surface area contributed by atoms with E-state index in [-0.39, 0.29) is 5.91 Å². The fraction of sp³-hybridized carbons (Fsp3) is 0.385. The van der Waals surface area contributed by atoms with Gasteiger partial charge in [0.05, 0.1) is 0 Å². The number of fused-ring (bicyclic) bond motifs is 1. The molecule has 18 heavy (non-hydrogen) atoms. The van der Waals surface area contributed by atoms with Gasteiger partial charge in [0.2, 0.25) is 0 Å². The topological polar surface area (TPSA) is 53.5 Å². The Hall–Kier alpha value is -1.55. The smallest absolute Gasteiger partial charge is 0.253 e. The molecule has 1 aliphatic heterocycles. The van der Waals surface area contributed by atoms with Gasteiger partial charge in [0, 0.05) is 24.4 Å². The summed E-state index contributed by atoms with van der Waals surface area (Å²) in [5.74, 6) is 0.587. The number of hydrogen-bond donors (Lipinski definition) is 2. The number of nitrogens with one attached hydrogen (secondary N) is 2. The molecule has 1 saturated heterocycles. The van der Waals surface area contributed by atoms with Crippen LogP contribution in [0.4, 0.5) is 0 Å². The van der Waals surface area contributed by atoms with Crippen molar-refractivity contribution >= 4 is 23.5 Å². The van der Waals surface area contributed by atoms with E-state index < -0.39 is 5.54 Å². The zero-order valence-electron chi connectivity index (χ0n) is 10.1. The lowest BCUT2D eigenvalue weighted by Gasteiger charge is -2.19. The minimum atomic E-state index is -0.568. The first-order valence-corrected chi connectivity index (χ1v) is 6.42. The van der Waals surface area contributed by atoms with Crippen LogP contribution in [0.25, 0.3) is 0 Å². The van der Waals surface area contributed by atoms with Crippen molar-refractivity contribution in [3.05, 3.63) is 34.3 Å². The Bertz CT molecular complexity index is 555. The molecule has 0 saturated carbocycles. The average Bonchev–Trinajstić information content (AvgIpc) is 2.80. The van der Waals surface area contributed by atoms with Gasteiger partial charge in [-0.15, -0.1) is 0 Å². The van der Waals surface area contributed by atoms with E-state index in [9.17, 15) is 4.79 Å². The van der Waals surface area contributed by atoms with Gasteiger partial charge in [0.1, 0.15) is 5.54 Å². The highest BCUT2D eigenvalue weighted by molar-refractivity contribution is 6.30. The predicted molar refractivity (Wildman–Crippen MR) is 70.8 cm³/mol. The maximum absolute atomic E-state index is 12.1. The Kier molecular flexibility index (Phi) is 2.55. The van der Waals surface area contributed by atoms with Gasteiger partial charge >= 0.3 is 0 Å². The summed E-state index contributed by atoms with van der Waals surface area (Å²) in [5, 5.41) is 6.75. The molecule has 3 rings (SSSR count). The Labute approximate surface area is 110 Å². The van der Waals surface area contributed by atoms with Crippen molar-refractivity contribution in [3.8, 4) is 0 Å². The van der Waals surface area contributed by atoms with Crippen molar-refractivity contribution in [2.75, 3.05) is 6.54 Å².